The van der Waals surface area contributed by atoms with E-state index in [0.717, 1.165) is 11.1 Å². The van der Waals surface area contributed by atoms with Gasteiger partial charge in [0.2, 0.25) is 5.71 Å². The average Bonchev–Trinajstić information content (AvgIpc) is 2.35. The standard InChI is InChI=1S/C6H6N2O/c1-8-6-5(4-7-8)2-3-9-6/h2-4H,1H3. The van der Waals surface area contributed by atoms with Crippen molar-refractivity contribution in [3.05, 3.63) is 18.5 Å². The summed E-state index contributed by atoms with van der Waals surface area (Å²) in [6.07, 6.45) is 3.44. The molecule has 3 nitrogen and oxygen atoms in total. The molecule has 0 aromatic carbocycles. The van der Waals surface area contributed by atoms with Crippen molar-refractivity contribution in [3.63, 3.8) is 0 Å². The van der Waals surface area contributed by atoms with Crippen molar-refractivity contribution in [2.45, 2.75) is 0 Å². The van der Waals surface area contributed by atoms with Crippen molar-refractivity contribution in [1.82, 2.24) is 9.78 Å². The molecular weight excluding hydrogens is 116 g/mol. The van der Waals surface area contributed by atoms with E-state index in [9.17, 15) is 0 Å². The first-order valence-electron chi connectivity index (χ1n) is 2.73. The Morgan fingerprint density at radius 2 is 2.56 bits per heavy atom. The Labute approximate surface area is 51.9 Å². The van der Waals surface area contributed by atoms with Crippen LogP contribution in [0.3, 0.4) is 0 Å². The van der Waals surface area contributed by atoms with Crippen LogP contribution < -0.4 is 0 Å². The number of fused-ring (bicyclic) bond motifs is 1. The molecule has 0 saturated heterocycles. The fraction of sp³-hybridized carbons (Fsp3) is 0.167. The molecule has 0 spiro atoms. The van der Waals surface area contributed by atoms with Crippen LogP contribution in [0.25, 0.3) is 11.1 Å². The Balaban J connectivity index is 2.99. The Hall–Kier alpha value is -1.25. The van der Waals surface area contributed by atoms with Gasteiger partial charge in [-0.3, -0.25) is 0 Å². The van der Waals surface area contributed by atoms with E-state index in [1.807, 2.05) is 13.1 Å². The maximum absolute atomic E-state index is 5.09. The van der Waals surface area contributed by atoms with Crippen LogP contribution in [0.2, 0.25) is 0 Å². The van der Waals surface area contributed by atoms with Gasteiger partial charge in [0.25, 0.3) is 0 Å². The van der Waals surface area contributed by atoms with Gasteiger partial charge in [0.05, 0.1) is 17.8 Å². The lowest BCUT2D eigenvalue weighted by Gasteiger charge is -1.83. The minimum absolute atomic E-state index is 0.829. The summed E-state index contributed by atoms with van der Waals surface area (Å²) in [6, 6.07) is 1.89. The van der Waals surface area contributed by atoms with Crippen LogP contribution in [0.4, 0.5) is 0 Å². The van der Waals surface area contributed by atoms with Gasteiger partial charge in [-0.1, -0.05) is 0 Å². The molecule has 0 amide bonds. The van der Waals surface area contributed by atoms with Crippen LogP contribution >= 0.6 is 0 Å². The summed E-state index contributed by atoms with van der Waals surface area (Å²) in [6.45, 7) is 0. The van der Waals surface area contributed by atoms with E-state index in [1.54, 1.807) is 17.1 Å². The monoisotopic (exact) mass is 122 g/mol. The van der Waals surface area contributed by atoms with E-state index in [0.29, 0.717) is 0 Å². The second-order valence-electron chi connectivity index (χ2n) is 1.95. The molecule has 0 aliphatic rings. The van der Waals surface area contributed by atoms with Crippen LogP contribution in [0.5, 0.6) is 0 Å². The highest BCUT2D eigenvalue weighted by Crippen LogP contribution is 2.11. The highest BCUT2D eigenvalue weighted by molar-refractivity contribution is 5.72. The molecule has 9 heavy (non-hydrogen) atoms. The first kappa shape index (κ1) is 4.61. The normalized spacial score (nSPS) is 10.8. The summed E-state index contributed by atoms with van der Waals surface area (Å²) in [4.78, 5) is 0. The molecular formula is C6H6N2O. The predicted molar refractivity (Wildman–Crippen MR) is 33.0 cm³/mol. The van der Waals surface area contributed by atoms with E-state index < -0.39 is 0 Å². The fourth-order valence-corrected chi connectivity index (χ4v) is 0.874. The van der Waals surface area contributed by atoms with E-state index in [-0.39, 0.29) is 0 Å². The SMILES string of the molecule is Cn1ncc2ccoc21. The van der Waals surface area contributed by atoms with Crippen molar-refractivity contribution in [2.75, 3.05) is 0 Å². The van der Waals surface area contributed by atoms with Gasteiger partial charge in [-0.25, -0.2) is 4.68 Å². The van der Waals surface area contributed by atoms with Gasteiger partial charge in [0.1, 0.15) is 0 Å². The minimum atomic E-state index is 0.829. The molecule has 0 fully saturated rings. The van der Waals surface area contributed by atoms with Gasteiger partial charge in [0.15, 0.2) is 0 Å². The third-order valence-corrected chi connectivity index (χ3v) is 1.34. The van der Waals surface area contributed by atoms with Gasteiger partial charge in [-0.15, -0.1) is 0 Å². The molecule has 0 aliphatic carbocycles. The lowest BCUT2D eigenvalue weighted by Crippen LogP contribution is -1.86. The van der Waals surface area contributed by atoms with Crippen LogP contribution in [-0.4, -0.2) is 9.78 Å². The predicted octanol–water partition coefficient (Wildman–Crippen LogP) is 1.17. The van der Waals surface area contributed by atoms with E-state index in [1.165, 1.54) is 0 Å². The van der Waals surface area contributed by atoms with Gasteiger partial charge < -0.3 is 4.42 Å². The second-order valence-corrected chi connectivity index (χ2v) is 1.95. The lowest BCUT2D eigenvalue weighted by atomic mass is 10.5. The molecule has 0 bridgehead atoms. The highest BCUT2D eigenvalue weighted by atomic mass is 16.3. The maximum Gasteiger partial charge on any atom is 0.224 e. The molecule has 2 rings (SSSR count). The van der Waals surface area contributed by atoms with Crippen molar-refractivity contribution < 1.29 is 4.42 Å². The largest absolute Gasteiger partial charge is 0.446 e. The summed E-state index contributed by atoms with van der Waals surface area (Å²) in [7, 11) is 1.85. The molecule has 3 heteroatoms. The smallest absolute Gasteiger partial charge is 0.224 e. The molecule has 0 unspecified atom stereocenters. The van der Waals surface area contributed by atoms with E-state index >= 15 is 0 Å². The minimum Gasteiger partial charge on any atom is -0.446 e. The van der Waals surface area contributed by atoms with E-state index in [4.69, 9.17) is 4.42 Å². The van der Waals surface area contributed by atoms with Crippen molar-refractivity contribution in [1.29, 1.82) is 0 Å². The zero-order valence-electron chi connectivity index (χ0n) is 5.03. The van der Waals surface area contributed by atoms with Crippen LogP contribution in [0.15, 0.2) is 22.9 Å². The number of furan rings is 1. The first-order valence-corrected chi connectivity index (χ1v) is 2.73. The second kappa shape index (κ2) is 1.37. The van der Waals surface area contributed by atoms with Crippen LogP contribution in [0, 0.1) is 0 Å². The molecule has 0 atom stereocenters. The summed E-state index contributed by atoms with van der Waals surface area (Å²) >= 11 is 0. The Morgan fingerprint density at radius 1 is 1.67 bits per heavy atom. The molecule has 0 saturated carbocycles. The third-order valence-electron chi connectivity index (χ3n) is 1.34. The van der Waals surface area contributed by atoms with Crippen LogP contribution in [-0.2, 0) is 7.05 Å². The summed E-state index contributed by atoms with van der Waals surface area (Å²) in [5.41, 5.74) is 0.829. The number of hydrogen-bond acceptors (Lipinski definition) is 2. The molecule has 0 radical (unpaired) electrons. The lowest BCUT2D eigenvalue weighted by molar-refractivity contribution is 0.567. The van der Waals surface area contributed by atoms with Crippen molar-refractivity contribution in [2.24, 2.45) is 7.05 Å². The number of hydrogen-bond donors (Lipinski definition) is 0. The summed E-state index contributed by atoms with van der Waals surface area (Å²) in [5, 5.41) is 5.03. The fourth-order valence-electron chi connectivity index (χ4n) is 0.874. The van der Waals surface area contributed by atoms with Gasteiger partial charge >= 0.3 is 0 Å². The quantitative estimate of drug-likeness (QED) is 0.525. The molecule has 2 aromatic rings. The van der Waals surface area contributed by atoms with Crippen LogP contribution in [0.1, 0.15) is 0 Å². The summed E-state index contributed by atoms with van der Waals surface area (Å²) < 4.78 is 6.79. The molecule has 0 aliphatic heterocycles. The first-order chi connectivity index (χ1) is 4.38. The topological polar surface area (TPSA) is 31.0 Å². The maximum atomic E-state index is 5.09. The average molecular weight is 122 g/mol. The molecule has 46 valence electrons. The highest BCUT2D eigenvalue weighted by Gasteiger charge is 1.98. The molecule has 0 N–H and O–H groups in total. The van der Waals surface area contributed by atoms with Gasteiger partial charge in [-0.05, 0) is 6.07 Å². The van der Waals surface area contributed by atoms with Gasteiger partial charge in [-0.2, -0.15) is 5.10 Å². The number of aromatic nitrogens is 2. The third kappa shape index (κ3) is 0.483. The van der Waals surface area contributed by atoms with E-state index in [2.05, 4.69) is 5.10 Å². The number of rotatable bonds is 0. The zero-order chi connectivity index (χ0) is 6.27. The number of nitrogens with zero attached hydrogens (tertiary/aromatic N) is 2. The summed E-state index contributed by atoms with van der Waals surface area (Å²) in [5.74, 6) is 0. The zero-order valence-corrected chi connectivity index (χ0v) is 5.03. The number of aryl methyl sites for hydroxylation is 1. The Morgan fingerprint density at radius 3 is 3.33 bits per heavy atom. The molecule has 2 aromatic heterocycles. The van der Waals surface area contributed by atoms with Crippen molar-refractivity contribution >= 4 is 11.1 Å². The van der Waals surface area contributed by atoms with Crippen molar-refractivity contribution in [3.8, 4) is 0 Å². The Kier molecular flexibility index (Phi) is 0.704. The van der Waals surface area contributed by atoms with Gasteiger partial charge in [0, 0.05) is 7.05 Å². The molecule has 2 heterocycles. The Bertz CT molecular complexity index is 320.